The number of halogens is 1. The van der Waals surface area contributed by atoms with Crippen LogP contribution < -0.4 is 0 Å². The highest BCUT2D eigenvalue weighted by Crippen LogP contribution is 2.26. The van der Waals surface area contributed by atoms with Crippen molar-refractivity contribution in [1.29, 1.82) is 0 Å². The molecule has 0 aromatic heterocycles. The van der Waals surface area contributed by atoms with Crippen molar-refractivity contribution in [3.8, 4) is 5.75 Å². The summed E-state index contributed by atoms with van der Waals surface area (Å²) in [5.74, 6) is 0.384. The Hall–Kier alpha value is -1.22. The monoisotopic (exact) mass is 295 g/mol. The van der Waals surface area contributed by atoms with Crippen molar-refractivity contribution in [1.82, 2.24) is 4.90 Å². The number of hydrogen-bond acceptors (Lipinski definition) is 2. The van der Waals surface area contributed by atoms with Crippen molar-refractivity contribution in [2.24, 2.45) is 0 Å². The van der Waals surface area contributed by atoms with Crippen LogP contribution in [0, 0.1) is 6.92 Å². The summed E-state index contributed by atoms with van der Waals surface area (Å²) in [5, 5.41) is 10.00. The Morgan fingerprint density at radius 2 is 2.05 bits per heavy atom. The van der Waals surface area contributed by atoms with Gasteiger partial charge in [-0.15, -0.1) is 11.6 Å². The highest BCUT2D eigenvalue weighted by atomic mass is 35.5. The summed E-state index contributed by atoms with van der Waals surface area (Å²) < 4.78 is 0. The van der Waals surface area contributed by atoms with Gasteiger partial charge in [-0.1, -0.05) is 25.3 Å². The van der Waals surface area contributed by atoms with E-state index in [0.29, 0.717) is 18.0 Å². The zero-order chi connectivity index (χ0) is 14.5. The fraction of sp³-hybridized carbons (Fsp3) is 0.562. The molecule has 3 nitrogen and oxygen atoms in total. The molecule has 110 valence electrons. The van der Waals surface area contributed by atoms with E-state index in [1.807, 2.05) is 17.9 Å². The number of phenolic OH excluding ortho intramolecular Hbond substituents is 1. The molecule has 0 bridgehead atoms. The molecular weight excluding hydrogens is 274 g/mol. The fourth-order valence-electron chi connectivity index (χ4n) is 2.91. The Bertz CT molecular complexity index is 470. The number of nitrogens with zero attached hydrogens (tertiary/aromatic N) is 1. The van der Waals surface area contributed by atoms with E-state index in [2.05, 4.69) is 0 Å². The average Bonchev–Trinajstić information content (AvgIpc) is 2.45. The van der Waals surface area contributed by atoms with Gasteiger partial charge < -0.3 is 10.0 Å². The molecule has 1 fully saturated rings. The lowest BCUT2D eigenvalue weighted by molar-refractivity contribution is 0.0646. The maximum atomic E-state index is 12.7. The Labute approximate surface area is 125 Å². The molecule has 2 rings (SSSR count). The highest BCUT2D eigenvalue weighted by molar-refractivity contribution is 6.18. The number of aromatic hydroxyl groups is 1. The molecule has 1 aromatic rings. The maximum Gasteiger partial charge on any atom is 0.257 e. The van der Waals surface area contributed by atoms with Crippen LogP contribution in [0.1, 0.15) is 48.0 Å². The van der Waals surface area contributed by atoms with E-state index in [1.165, 1.54) is 6.42 Å². The molecule has 1 amide bonds. The lowest BCUT2D eigenvalue weighted by Crippen LogP contribution is -2.42. The molecule has 1 aromatic carbocycles. The van der Waals surface area contributed by atoms with Gasteiger partial charge in [0, 0.05) is 18.5 Å². The van der Waals surface area contributed by atoms with E-state index in [0.717, 1.165) is 31.2 Å². The standard InChI is InChI=1S/C16H22ClNO2/c1-12-7-8-14(15(19)11-12)16(20)18(10-9-17)13-5-3-2-4-6-13/h7-8,11,13,19H,2-6,9-10H2,1H3. The molecule has 20 heavy (non-hydrogen) atoms. The number of benzene rings is 1. The van der Waals surface area contributed by atoms with Crippen LogP contribution in [-0.4, -0.2) is 34.4 Å². The Morgan fingerprint density at radius 3 is 2.65 bits per heavy atom. The lowest BCUT2D eigenvalue weighted by atomic mass is 9.93. The number of phenols is 1. The Balaban J connectivity index is 2.21. The second-order valence-electron chi connectivity index (χ2n) is 5.50. The van der Waals surface area contributed by atoms with Crippen molar-refractivity contribution in [2.45, 2.75) is 45.1 Å². The topological polar surface area (TPSA) is 40.5 Å². The molecule has 0 spiro atoms. The van der Waals surface area contributed by atoms with E-state index in [4.69, 9.17) is 11.6 Å². The van der Waals surface area contributed by atoms with Crippen LogP contribution in [-0.2, 0) is 0 Å². The van der Waals surface area contributed by atoms with Gasteiger partial charge in [-0.2, -0.15) is 0 Å². The van der Waals surface area contributed by atoms with Gasteiger partial charge in [-0.3, -0.25) is 4.79 Å². The number of rotatable bonds is 4. The molecule has 4 heteroatoms. The van der Waals surface area contributed by atoms with E-state index >= 15 is 0 Å². The average molecular weight is 296 g/mol. The van der Waals surface area contributed by atoms with Crippen LogP contribution in [0.4, 0.5) is 0 Å². The Morgan fingerprint density at radius 1 is 1.35 bits per heavy atom. The van der Waals surface area contributed by atoms with Gasteiger partial charge in [0.05, 0.1) is 5.56 Å². The quantitative estimate of drug-likeness (QED) is 0.860. The molecule has 1 saturated carbocycles. The van der Waals surface area contributed by atoms with E-state index in [-0.39, 0.29) is 17.7 Å². The van der Waals surface area contributed by atoms with E-state index in [1.54, 1.807) is 12.1 Å². The molecule has 1 aliphatic rings. The fourth-order valence-corrected chi connectivity index (χ4v) is 3.09. The molecule has 0 radical (unpaired) electrons. The summed E-state index contributed by atoms with van der Waals surface area (Å²) >= 11 is 5.86. The molecule has 0 aliphatic heterocycles. The SMILES string of the molecule is Cc1ccc(C(=O)N(CCCl)C2CCCCC2)c(O)c1. The van der Waals surface area contributed by atoms with Crippen LogP contribution in [0.25, 0.3) is 0 Å². The summed E-state index contributed by atoms with van der Waals surface area (Å²) in [6.07, 6.45) is 5.65. The highest BCUT2D eigenvalue weighted by Gasteiger charge is 2.27. The van der Waals surface area contributed by atoms with Gasteiger partial charge in [-0.25, -0.2) is 0 Å². The maximum absolute atomic E-state index is 12.7. The van der Waals surface area contributed by atoms with Crippen LogP contribution >= 0.6 is 11.6 Å². The number of amides is 1. The van der Waals surface area contributed by atoms with Gasteiger partial charge in [0.1, 0.15) is 5.75 Å². The molecule has 0 saturated heterocycles. The zero-order valence-electron chi connectivity index (χ0n) is 11.9. The predicted octanol–water partition coefficient (Wildman–Crippen LogP) is 3.71. The first-order chi connectivity index (χ1) is 9.63. The van der Waals surface area contributed by atoms with Crippen LogP contribution in [0.2, 0.25) is 0 Å². The summed E-state index contributed by atoms with van der Waals surface area (Å²) in [6.45, 7) is 2.43. The molecule has 1 N–H and O–H groups in total. The Kier molecular flexibility index (Phi) is 5.30. The predicted molar refractivity (Wildman–Crippen MR) is 81.5 cm³/mol. The summed E-state index contributed by atoms with van der Waals surface area (Å²) in [5.41, 5.74) is 1.33. The second kappa shape index (κ2) is 6.98. The first-order valence-corrected chi connectivity index (χ1v) is 7.83. The van der Waals surface area contributed by atoms with Crippen molar-refractivity contribution < 1.29 is 9.90 Å². The van der Waals surface area contributed by atoms with E-state index in [9.17, 15) is 9.90 Å². The lowest BCUT2D eigenvalue weighted by Gasteiger charge is -2.34. The first kappa shape index (κ1) is 15.2. The molecule has 0 heterocycles. The van der Waals surface area contributed by atoms with Gasteiger partial charge in [0.15, 0.2) is 0 Å². The van der Waals surface area contributed by atoms with Crippen molar-refractivity contribution in [2.75, 3.05) is 12.4 Å². The number of alkyl halides is 1. The third kappa shape index (κ3) is 3.45. The summed E-state index contributed by atoms with van der Waals surface area (Å²) in [6, 6.07) is 5.45. The largest absolute Gasteiger partial charge is 0.507 e. The van der Waals surface area contributed by atoms with Crippen LogP contribution in [0.3, 0.4) is 0 Å². The number of hydrogen-bond donors (Lipinski definition) is 1. The summed E-state index contributed by atoms with van der Waals surface area (Å²) in [7, 11) is 0. The van der Waals surface area contributed by atoms with Gasteiger partial charge in [-0.05, 0) is 37.5 Å². The minimum atomic E-state index is -0.102. The number of carbonyl (C=O) groups excluding carboxylic acids is 1. The van der Waals surface area contributed by atoms with Crippen LogP contribution in [0.15, 0.2) is 18.2 Å². The molecule has 1 aliphatic carbocycles. The van der Waals surface area contributed by atoms with Gasteiger partial charge >= 0.3 is 0 Å². The number of aryl methyl sites for hydroxylation is 1. The first-order valence-electron chi connectivity index (χ1n) is 7.30. The zero-order valence-corrected chi connectivity index (χ0v) is 12.7. The van der Waals surface area contributed by atoms with Crippen molar-refractivity contribution >= 4 is 17.5 Å². The third-order valence-corrected chi connectivity index (χ3v) is 4.15. The molecule has 0 unspecified atom stereocenters. The normalized spacial score (nSPS) is 16.1. The van der Waals surface area contributed by atoms with Crippen molar-refractivity contribution in [3.63, 3.8) is 0 Å². The number of carbonyl (C=O) groups is 1. The smallest absolute Gasteiger partial charge is 0.257 e. The molecular formula is C16H22ClNO2. The van der Waals surface area contributed by atoms with Crippen LogP contribution in [0.5, 0.6) is 5.75 Å². The van der Waals surface area contributed by atoms with Crippen molar-refractivity contribution in [3.05, 3.63) is 29.3 Å². The molecule has 0 atom stereocenters. The van der Waals surface area contributed by atoms with Gasteiger partial charge in [0.25, 0.3) is 5.91 Å². The van der Waals surface area contributed by atoms with Gasteiger partial charge in [0.2, 0.25) is 0 Å². The minimum absolute atomic E-state index is 0.0605. The minimum Gasteiger partial charge on any atom is -0.507 e. The second-order valence-corrected chi connectivity index (χ2v) is 5.88. The third-order valence-electron chi connectivity index (χ3n) is 3.99. The van der Waals surface area contributed by atoms with E-state index < -0.39 is 0 Å². The summed E-state index contributed by atoms with van der Waals surface area (Å²) in [4.78, 5) is 14.5.